The van der Waals surface area contributed by atoms with Gasteiger partial charge in [-0.3, -0.25) is 9.48 Å². The van der Waals surface area contributed by atoms with Gasteiger partial charge in [-0.15, -0.1) is 0 Å². The van der Waals surface area contributed by atoms with Gasteiger partial charge in [0.2, 0.25) is 0 Å². The van der Waals surface area contributed by atoms with Crippen molar-refractivity contribution >= 4 is 23.1 Å². The van der Waals surface area contributed by atoms with Crippen molar-refractivity contribution in [2.24, 2.45) is 12.8 Å². The minimum absolute atomic E-state index is 0.213. The summed E-state index contributed by atoms with van der Waals surface area (Å²) in [5.41, 5.74) is 6.82. The van der Waals surface area contributed by atoms with Gasteiger partial charge >= 0.3 is 0 Å². The number of amides is 1. The SMILES string of the molecule is CCc1cc(C(=O)NC(C)C(N)=S)n(C)n1. The van der Waals surface area contributed by atoms with E-state index in [1.165, 1.54) is 0 Å². The molecule has 0 fully saturated rings. The molecule has 0 aliphatic carbocycles. The minimum Gasteiger partial charge on any atom is -0.392 e. The molecule has 0 saturated carbocycles. The Balaban J connectivity index is 2.80. The number of nitrogens with zero attached hydrogens (tertiary/aromatic N) is 2. The Morgan fingerprint density at radius 2 is 2.38 bits per heavy atom. The molecule has 1 aromatic rings. The number of hydrogen-bond acceptors (Lipinski definition) is 3. The highest BCUT2D eigenvalue weighted by molar-refractivity contribution is 7.80. The van der Waals surface area contributed by atoms with E-state index in [0.29, 0.717) is 5.69 Å². The maximum Gasteiger partial charge on any atom is 0.270 e. The molecule has 0 aliphatic rings. The van der Waals surface area contributed by atoms with Crippen LogP contribution in [-0.2, 0) is 13.5 Å². The highest BCUT2D eigenvalue weighted by Gasteiger charge is 2.15. The van der Waals surface area contributed by atoms with Gasteiger partial charge in [-0.2, -0.15) is 5.10 Å². The van der Waals surface area contributed by atoms with Gasteiger partial charge in [0.15, 0.2) is 0 Å². The lowest BCUT2D eigenvalue weighted by atomic mass is 10.2. The zero-order chi connectivity index (χ0) is 12.3. The van der Waals surface area contributed by atoms with E-state index in [2.05, 4.69) is 10.4 Å². The molecule has 16 heavy (non-hydrogen) atoms. The number of hydrogen-bond donors (Lipinski definition) is 2. The Morgan fingerprint density at radius 3 is 2.81 bits per heavy atom. The second kappa shape index (κ2) is 5.07. The van der Waals surface area contributed by atoms with E-state index >= 15 is 0 Å². The fraction of sp³-hybridized carbons (Fsp3) is 0.500. The third kappa shape index (κ3) is 2.79. The lowest BCUT2D eigenvalue weighted by Crippen LogP contribution is -2.41. The first-order valence-electron chi connectivity index (χ1n) is 5.08. The van der Waals surface area contributed by atoms with Crippen molar-refractivity contribution in [3.8, 4) is 0 Å². The van der Waals surface area contributed by atoms with Crippen LogP contribution in [0.15, 0.2) is 6.07 Å². The smallest absolute Gasteiger partial charge is 0.270 e. The van der Waals surface area contributed by atoms with Crippen molar-refractivity contribution in [3.63, 3.8) is 0 Å². The summed E-state index contributed by atoms with van der Waals surface area (Å²) in [5.74, 6) is -0.213. The van der Waals surface area contributed by atoms with Crippen LogP contribution < -0.4 is 11.1 Å². The Kier molecular flexibility index (Phi) is 4.00. The molecular formula is C10H16N4OS. The first-order chi connectivity index (χ1) is 7.45. The van der Waals surface area contributed by atoms with Gasteiger partial charge in [-0.05, 0) is 19.4 Å². The Labute approximate surface area is 100 Å². The summed E-state index contributed by atoms with van der Waals surface area (Å²) >= 11 is 4.79. The van der Waals surface area contributed by atoms with Crippen LogP contribution in [0.2, 0.25) is 0 Å². The topological polar surface area (TPSA) is 72.9 Å². The predicted molar refractivity (Wildman–Crippen MR) is 66.3 cm³/mol. The maximum absolute atomic E-state index is 11.8. The third-order valence-electron chi connectivity index (χ3n) is 2.30. The van der Waals surface area contributed by atoms with Crippen LogP contribution in [0.3, 0.4) is 0 Å². The van der Waals surface area contributed by atoms with Crippen LogP contribution in [0.4, 0.5) is 0 Å². The van der Waals surface area contributed by atoms with Crippen molar-refractivity contribution in [1.82, 2.24) is 15.1 Å². The van der Waals surface area contributed by atoms with Crippen molar-refractivity contribution in [3.05, 3.63) is 17.5 Å². The first-order valence-corrected chi connectivity index (χ1v) is 5.49. The van der Waals surface area contributed by atoms with E-state index in [1.54, 1.807) is 24.7 Å². The number of aromatic nitrogens is 2. The van der Waals surface area contributed by atoms with Crippen LogP contribution in [0.5, 0.6) is 0 Å². The minimum atomic E-state index is -0.317. The number of rotatable bonds is 4. The molecule has 1 aromatic heterocycles. The number of nitrogens with one attached hydrogen (secondary N) is 1. The Bertz CT molecular complexity index is 413. The fourth-order valence-electron chi connectivity index (χ4n) is 1.25. The van der Waals surface area contributed by atoms with Gasteiger partial charge in [-0.1, -0.05) is 19.1 Å². The first kappa shape index (κ1) is 12.6. The van der Waals surface area contributed by atoms with E-state index in [4.69, 9.17) is 18.0 Å². The van der Waals surface area contributed by atoms with Gasteiger partial charge in [-0.25, -0.2) is 0 Å². The molecule has 5 nitrogen and oxygen atoms in total. The van der Waals surface area contributed by atoms with Gasteiger partial charge < -0.3 is 11.1 Å². The number of carbonyl (C=O) groups is 1. The Hall–Kier alpha value is -1.43. The molecule has 0 bridgehead atoms. The van der Waals surface area contributed by atoms with Crippen molar-refractivity contribution in [2.75, 3.05) is 0 Å². The molecule has 1 rings (SSSR count). The van der Waals surface area contributed by atoms with Gasteiger partial charge in [0, 0.05) is 7.05 Å². The average Bonchev–Trinajstić information content (AvgIpc) is 2.59. The molecule has 0 aliphatic heterocycles. The molecule has 88 valence electrons. The van der Waals surface area contributed by atoms with Crippen LogP contribution in [0.25, 0.3) is 0 Å². The number of aryl methyl sites for hydroxylation is 2. The number of nitrogens with two attached hydrogens (primary N) is 1. The maximum atomic E-state index is 11.8. The molecule has 0 radical (unpaired) electrons. The Morgan fingerprint density at radius 1 is 1.75 bits per heavy atom. The molecule has 3 N–H and O–H groups in total. The summed E-state index contributed by atoms with van der Waals surface area (Å²) in [6.45, 7) is 3.74. The molecule has 1 amide bonds. The van der Waals surface area contributed by atoms with E-state index in [9.17, 15) is 4.79 Å². The van der Waals surface area contributed by atoms with Gasteiger partial charge in [0.25, 0.3) is 5.91 Å². The van der Waals surface area contributed by atoms with Crippen molar-refractivity contribution in [2.45, 2.75) is 26.3 Å². The second-order valence-corrected chi connectivity index (χ2v) is 4.07. The summed E-state index contributed by atoms with van der Waals surface area (Å²) in [6.07, 6.45) is 0.798. The lowest BCUT2D eigenvalue weighted by Gasteiger charge is -2.11. The van der Waals surface area contributed by atoms with E-state index in [0.717, 1.165) is 12.1 Å². The number of carbonyl (C=O) groups excluding carboxylic acids is 1. The van der Waals surface area contributed by atoms with E-state index in [1.807, 2.05) is 6.92 Å². The van der Waals surface area contributed by atoms with Gasteiger partial charge in [0.05, 0.1) is 16.7 Å². The summed E-state index contributed by atoms with van der Waals surface area (Å²) in [4.78, 5) is 12.1. The van der Waals surface area contributed by atoms with Crippen LogP contribution in [-0.4, -0.2) is 26.7 Å². The molecule has 0 spiro atoms. The normalized spacial score (nSPS) is 12.2. The largest absolute Gasteiger partial charge is 0.392 e. The highest BCUT2D eigenvalue weighted by Crippen LogP contribution is 2.04. The van der Waals surface area contributed by atoms with Crippen molar-refractivity contribution in [1.29, 1.82) is 0 Å². The van der Waals surface area contributed by atoms with Crippen LogP contribution in [0.1, 0.15) is 30.0 Å². The molecule has 1 atom stereocenters. The molecular weight excluding hydrogens is 224 g/mol. The zero-order valence-electron chi connectivity index (χ0n) is 9.65. The van der Waals surface area contributed by atoms with Crippen molar-refractivity contribution < 1.29 is 4.79 Å². The summed E-state index contributed by atoms with van der Waals surface area (Å²) < 4.78 is 1.56. The average molecular weight is 240 g/mol. The number of thiocarbonyl (C=S) groups is 1. The predicted octanol–water partition coefficient (Wildman–Crippen LogP) is 0.387. The molecule has 1 unspecified atom stereocenters. The lowest BCUT2D eigenvalue weighted by molar-refractivity contribution is 0.0940. The van der Waals surface area contributed by atoms with Gasteiger partial charge in [0.1, 0.15) is 5.69 Å². The third-order valence-corrected chi connectivity index (χ3v) is 2.65. The van der Waals surface area contributed by atoms with E-state index < -0.39 is 0 Å². The molecule has 0 saturated heterocycles. The molecule has 6 heteroatoms. The summed E-state index contributed by atoms with van der Waals surface area (Å²) in [5, 5.41) is 6.90. The fourth-order valence-corrected chi connectivity index (χ4v) is 1.31. The molecule has 1 heterocycles. The van der Waals surface area contributed by atoms with Crippen LogP contribution >= 0.6 is 12.2 Å². The zero-order valence-corrected chi connectivity index (χ0v) is 10.5. The van der Waals surface area contributed by atoms with E-state index in [-0.39, 0.29) is 16.9 Å². The summed E-state index contributed by atoms with van der Waals surface area (Å²) in [6, 6.07) is 1.45. The monoisotopic (exact) mass is 240 g/mol. The quantitative estimate of drug-likeness (QED) is 0.747. The standard InChI is InChI=1S/C10H16N4OS/c1-4-7-5-8(14(3)13-7)10(15)12-6(2)9(11)16/h5-6H,4H2,1-3H3,(H2,11,16)(H,12,15). The highest BCUT2D eigenvalue weighted by atomic mass is 32.1. The summed E-state index contributed by atoms with van der Waals surface area (Å²) in [7, 11) is 1.74. The second-order valence-electron chi connectivity index (χ2n) is 3.60. The van der Waals surface area contributed by atoms with Crippen LogP contribution in [0, 0.1) is 0 Å². The molecule has 0 aromatic carbocycles.